The average molecular weight is 418 g/mol. The number of carbonyl (C=O) groups excluding carboxylic acids is 3. The molecular formula is C20H20BrNO4. The summed E-state index contributed by atoms with van der Waals surface area (Å²) < 4.78 is 5.69. The molecule has 2 aromatic rings. The predicted octanol–water partition coefficient (Wildman–Crippen LogP) is 4.47. The van der Waals surface area contributed by atoms with Gasteiger partial charge in [-0.2, -0.15) is 0 Å². The summed E-state index contributed by atoms with van der Waals surface area (Å²) in [5.74, 6) is -0.675. The zero-order valence-electron chi connectivity index (χ0n) is 14.6. The standard InChI is InChI=1S/C20H20BrNO4/c1-13(2)11-19(24)22-15-9-7-14(8-10-15)18(23)12-26-20(25)16-5-3-4-6-17(16)21/h3-10,13H,11-12H2,1-2H3,(H,22,24). The van der Waals surface area contributed by atoms with E-state index >= 15 is 0 Å². The van der Waals surface area contributed by atoms with Crippen molar-refractivity contribution in [2.75, 3.05) is 11.9 Å². The molecule has 0 unspecified atom stereocenters. The summed E-state index contributed by atoms with van der Waals surface area (Å²) in [6, 6.07) is 13.3. The van der Waals surface area contributed by atoms with Gasteiger partial charge in [-0.05, 0) is 58.2 Å². The minimum atomic E-state index is -0.566. The Morgan fingerprint density at radius 1 is 1.04 bits per heavy atom. The van der Waals surface area contributed by atoms with Gasteiger partial charge in [0, 0.05) is 22.1 Å². The predicted molar refractivity (Wildman–Crippen MR) is 103 cm³/mol. The van der Waals surface area contributed by atoms with E-state index in [9.17, 15) is 14.4 Å². The molecule has 0 aliphatic carbocycles. The summed E-state index contributed by atoms with van der Waals surface area (Å²) in [5.41, 5.74) is 1.40. The van der Waals surface area contributed by atoms with Gasteiger partial charge in [-0.25, -0.2) is 4.79 Å². The first-order chi connectivity index (χ1) is 12.4. The van der Waals surface area contributed by atoms with E-state index in [1.54, 1.807) is 48.5 Å². The highest BCUT2D eigenvalue weighted by molar-refractivity contribution is 9.10. The lowest BCUT2D eigenvalue weighted by Gasteiger charge is -2.08. The molecule has 1 amide bonds. The topological polar surface area (TPSA) is 72.5 Å². The first kappa shape index (κ1) is 19.8. The smallest absolute Gasteiger partial charge is 0.339 e. The van der Waals surface area contributed by atoms with Crippen LogP contribution in [0, 0.1) is 5.92 Å². The Balaban J connectivity index is 1.91. The summed E-state index contributed by atoms with van der Waals surface area (Å²) in [7, 11) is 0. The third kappa shape index (κ3) is 5.81. The second-order valence-corrected chi connectivity index (χ2v) is 7.06. The van der Waals surface area contributed by atoms with Gasteiger partial charge in [-0.1, -0.05) is 26.0 Å². The first-order valence-electron chi connectivity index (χ1n) is 8.21. The van der Waals surface area contributed by atoms with Crippen molar-refractivity contribution in [2.24, 2.45) is 5.92 Å². The molecule has 0 aromatic heterocycles. The van der Waals surface area contributed by atoms with Crippen molar-refractivity contribution in [1.82, 2.24) is 0 Å². The van der Waals surface area contributed by atoms with Crippen LogP contribution in [-0.4, -0.2) is 24.3 Å². The van der Waals surface area contributed by atoms with Gasteiger partial charge in [0.25, 0.3) is 0 Å². The largest absolute Gasteiger partial charge is 0.454 e. The number of carbonyl (C=O) groups is 3. The molecule has 0 spiro atoms. The minimum absolute atomic E-state index is 0.0681. The van der Waals surface area contributed by atoms with Crippen LogP contribution < -0.4 is 5.32 Å². The number of benzene rings is 2. The SMILES string of the molecule is CC(C)CC(=O)Nc1ccc(C(=O)COC(=O)c2ccccc2Br)cc1. The zero-order chi connectivity index (χ0) is 19.1. The fraction of sp³-hybridized carbons (Fsp3) is 0.250. The Labute approximate surface area is 160 Å². The van der Waals surface area contributed by atoms with E-state index in [4.69, 9.17) is 4.74 Å². The van der Waals surface area contributed by atoms with Crippen LogP contribution in [0.4, 0.5) is 5.69 Å². The van der Waals surface area contributed by atoms with Gasteiger partial charge in [0.15, 0.2) is 12.4 Å². The lowest BCUT2D eigenvalue weighted by molar-refractivity contribution is -0.116. The van der Waals surface area contributed by atoms with Gasteiger partial charge in [0.05, 0.1) is 5.56 Å². The Morgan fingerprint density at radius 3 is 2.31 bits per heavy atom. The van der Waals surface area contributed by atoms with Crippen LogP contribution in [0.25, 0.3) is 0 Å². The third-order valence-electron chi connectivity index (χ3n) is 3.51. The number of rotatable bonds is 7. The van der Waals surface area contributed by atoms with E-state index in [1.165, 1.54) is 0 Å². The van der Waals surface area contributed by atoms with Gasteiger partial charge in [0.2, 0.25) is 5.91 Å². The molecule has 0 heterocycles. The van der Waals surface area contributed by atoms with Gasteiger partial charge < -0.3 is 10.1 Å². The zero-order valence-corrected chi connectivity index (χ0v) is 16.2. The van der Waals surface area contributed by atoms with Crippen molar-refractivity contribution in [3.8, 4) is 0 Å². The van der Waals surface area contributed by atoms with Crippen molar-refractivity contribution in [1.29, 1.82) is 0 Å². The molecule has 1 N–H and O–H groups in total. The lowest BCUT2D eigenvalue weighted by atomic mass is 10.1. The molecule has 136 valence electrons. The van der Waals surface area contributed by atoms with Crippen LogP contribution in [0.1, 0.15) is 41.0 Å². The molecule has 0 atom stereocenters. The molecule has 6 heteroatoms. The molecule has 0 aliphatic rings. The molecule has 0 radical (unpaired) electrons. The van der Waals surface area contributed by atoms with Crippen LogP contribution in [0.15, 0.2) is 53.0 Å². The quantitative estimate of drug-likeness (QED) is 0.532. The Kier molecular flexibility index (Phi) is 7.09. The average Bonchev–Trinajstić information content (AvgIpc) is 2.59. The number of ketones is 1. The fourth-order valence-electron chi connectivity index (χ4n) is 2.24. The van der Waals surface area contributed by atoms with E-state index in [0.29, 0.717) is 27.7 Å². The van der Waals surface area contributed by atoms with Gasteiger partial charge >= 0.3 is 5.97 Å². The highest BCUT2D eigenvalue weighted by Gasteiger charge is 2.14. The summed E-state index contributed by atoms with van der Waals surface area (Å²) in [4.78, 5) is 35.9. The lowest BCUT2D eigenvalue weighted by Crippen LogP contribution is -2.15. The number of ether oxygens (including phenoxy) is 1. The number of Topliss-reactive ketones (excluding diaryl/α,β-unsaturated/α-hetero) is 1. The maximum Gasteiger partial charge on any atom is 0.339 e. The Bertz CT molecular complexity index is 800. The molecule has 0 bridgehead atoms. The summed E-state index contributed by atoms with van der Waals surface area (Å²) in [5, 5.41) is 2.78. The molecule has 0 fully saturated rings. The molecule has 5 nitrogen and oxygen atoms in total. The van der Waals surface area contributed by atoms with Crippen LogP contribution >= 0.6 is 15.9 Å². The maximum absolute atomic E-state index is 12.2. The Morgan fingerprint density at radius 2 is 1.69 bits per heavy atom. The van der Waals surface area contributed by atoms with Crippen molar-refractivity contribution in [3.05, 3.63) is 64.1 Å². The summed E-state index contributed by atoms with van der Waals surface area (Å²) in [6.45, 7) is 3.59. The van der Waals surface area contributed by atoms with Crippen molar-refractivity contribution < 1.29 is 19.1 Å². The number of nitrogens with one attached hydrogen (secondary N) is 1. The second-order valence-electron chi connectivity index (χ2n) is 6.20. The summed E-state index contributed by atoms with van der Waals surface area (Å²) >= 11 is 3.27. The van der Waals surface area contributed by atoms with Gasteiger partial charge in [-0.15, -0.1) is 0 Å². The van der Waals surface area contributed by atoms with E-state index in [0.717, 1.165) is 0 Å². The highest BCUT2D eigenvalue weighted by atomic mass is 79.9. The number of esters is 1. The first-order valence-corrected chi connectivity index (χ1v) is 9.01. The molecule has 0 saturated carbocycles. The number of hydrogen-bond donors (Lipinski definition) is 1. The normalized spacial score (nSPS) is 10.5. The van der Waals surface area contributed by atoms with Crippen molar-refractivity contribution >= 4 is 39.3 Å². The van der Waals surface area contributed by atoms with Crippen LogP contribution in [0.2, 0.25) is 0 Å². The van der Waals surface area contributed by atoms with E-state index < -0.39 is 5.97 Å². The number of halogens is 1. The van der Waals surface area contributed by atoms with E-state index in [1.807, 2.05) is 13.8 Å². The molecule has 2 aromatic carbocycles. The maximum atomic E-state index is 12.2. The monoisotopic (exact) mass is 417 g/mol. The number of anilines is 1. The summed E-state index contributed by atoms with van der Waals surface area (Å²) in [6.07, 6.45) is 0.436. The molecule has 26 heavy (non-hydrogen) atoms. The van der Waals surface area contributed by atoms with E-state index in [-0.39, 0.29) is 24.2 Å². The second kappa shape index (κ2) is 9.29. The van der Waals surface area contributed by atoms with Gasteiger partial charge in [0.1, 0.15) is 0 Å². The fourth-order valence-corrected chi connectivity index (χ4v) is 2.69. The van der Waals surface area contributed by atoms with Crippen LogP contribution in [0.5, 0.6) is 0 Å². The molecule has 2 rings (SSSR count). The number of amides is 1. The third-order valence-corrected chi connectivity index (χ3v) is 4.20. The molecular weight excluding hydrogens is 398 g/mol. The van der Waals surface area contributed by atoms with Crippen molar-refractivity contribution in [2.45, 2.75) is 20.3 Å². The number of hydrogen-bond acceptors (Lipinski definition) is 4. The Hall–Kier alpha value is -2.47. The van der Waals surface area contributed by atoms with Crippen molar-refractivity contribution in [3.63, 3.8) is 0 Å². The van der Waals surface area contributed by atoms with Gasteiger partial charge in [-0.3, -0.25) is 9.59 Å². The van der Waals surface area contributed by atoms with Crippen LogP contribution in [-0.2, 0) is 9.53 Å². The molecule has 0 saturated heterocycles. The van der Waals surface area contributed by atoms with E-state index in [2.05, 4.69) is 21.2 Å². The van der Waals surface area contributed by atoms with Crippen LogP contribution in [0.3, 0.4) is 0 Å². The molecule has 0 aliphatic heterocycles. The minimum Gasteiger partial charge on any atom is -0.454 e. The highest BCUT2D eigenvalue weighted by Crippen LogP contribution is 2.17.